The molecule has 0 bridgehead atoms. The van der Waals surface area contributed by atoms with Crippen LogP contribution in [0.15, 0.2) is 48.7 Å². The summed E-state index contributed by atoms with van der Waals surface area (Å²) in [5.41, 5.74) is 8.97. The van der Waals surface area contributed by atoms with Crippen molar-refractivity contribution in [2.75, 3.05) is 11.9 Å². The van der Waals surface area contributed by atoms with Crippen LogP contribution in [0.3, 0.4) is 0 Å². The van der Waals surface area contributed by atoms with Gasteiger partial charge in [0.15, 0.2) is 5.13 Å². The van der Waals surface area contributed by atoms with Crippen LogP contribution in [0.1, 0.15) is 29.3 Å². The minimum Gasteiger partial charge on any atom is -0.493 e. The number of rotatable bonds is 7. The minimum atomic E-state index is -0.500. The Bertz CT molecular complexity index is 904. The number of thiazole rings is 1. The third kappa shape index (κ3) is 4.21. The zero-order valence-corrected chi connectivity index (χ0v) is 15.6. The van der Waals surface area contributed by atoms with Crippen molar-refractivity contribution in [2.45, 2.75) is 20.3 Å². The summed E-state index contributed by atoms with van der Waals surface area (Å²) in [6, 6.07) is 13.6. The van der Waals surface area contributed by atoms with Crippen molar-refractivity contribution < 1.29 is 9.53 Å². The van der Waals surface area contributed by atoms with E-state index in [0.29, 0.717) is 17.9 Å². The number of anilines is 2. The van der Waals surface area contributed by atoms with E-state index in [2.05, 4.69) is 17.2 Å². The van der Waals surface area contributed by atoms with E-state index in [1.165, 1.54) is 16.9 Å². The van der Waals surface area contributed by atoms with Crippen LogP contribution in [0.25, 0.3) is 10.4 Å². The van der Waals surface area contributed by atoms with E-state index in [9.17, 15) is 4.79 Å². The van der Waals surface area contributed by atoms with Gasteiger partial charge in [-0.2, -0.15) is 0 Å². The maximum Gasteiger partial charge on any atom is 0.252 e. The van der Waals surface area contributed by atoms with Gasteiger partial charge in [0.1, 0.15) is 5.75 Å². The lowest BCUT2D eigenvalue weighted by Gasteiger charge is -2.10. The molecule has 0 aliphatic heterocycles. The molecule has 134 valence electrons. The third-order valence-electron chi connectivity index (χ3n) is 3.80. The molecule has 0 atom stereocenters. The number of nitrogens with zero attached hydrogens (tertiary/aromatic N) is 1. The molecule has 0 aliphatic carbocycles. The van der Waals surface area contributed by atoms with E-state index in [-0.39, 0.29) is 0 Å². The Hall–Kier alpha value is -2.86. The number of carbonyl (C=O) groups excluding carboxylic acids is 1. The van der Waals surface area contributed by atoms with Crippen molar-refractivity contribution in [2.24, 2.45) is 5.73 Å². The van der Waals surface area contributed by atoms with E-state index in [1.807, 2.05) is 37.3 Å². The molecule has 0 radical (unpaired) electrons. The van der Waals surface area contributed by atoms with Gasteiger partial charge < -0.3 is 15.8 Å². The van der Waals surface area contributed by atoms with Crippen LogP contribution in [0.5, 0.6) is 5.75 Å². The second kappa shape index (κ2) is 8.01. The van der Waals surface area contributed by atoms with Crippen LogP contribution in [0.2, 0.25) is 0 Å². The summed E-state index contributed by atoms with van der Waals surface area (Å²) >= 11 is 1.51. The average Bonchev–Trinajstić information content (AvgIpc) is 3.10. The van der Waals surface area contributed by atoms with E-state index in [1.54, 1.807) is 18.3 Å². The number of hydrogen-bond acceptors (Lipinski definition) is 5. The molecule has 0 spiro atoms. The van der Waals surface area contributed by atoms with Crippen LogP contribution < -0.4 is 15.8 Å². The van der Waals surface area contributed by atoms with Gasteiger partial charge in [0.05, 0.1) is 17.0 Å². The molecule has 1 heterocycles. The molecule has 0 unspecified atom stereocenters. The second-order valence-electron chi connectivity index (χ2n) is 5.94. The molecule has 26 heavy (non-hydrogen) atoms. The van der Waals surface area contributed by atoms with Crippen LogP contribution >= 0.6 is 11.3 Å². The molecule has 1 amide bonds. The fourth-order valence-electron chi connectivity index (χ4n) is 2.44. The van der Waals surface area contributed by atoms with Gasteiger partial charge in [0.25, 0.3) is 5.91 Å². The molecule has 0 aliphatic rings. The number of nitrogens with one attached hydrogen (secondary N) is 1. The highest BCUT2D eigenvalue weighted by Crippen LogP contribution is 2.33. The number of carbonyl (C=O) groups is 1. The topological polar surface area (TPSA) is 77.2 Å². The maximum atomic E-state index is 11.8. The van der Waals surface area contributed by atoms with Gasteiger partial charge in [0, 0.05) is 11.9 Å². The van der Waals surface area contributed by atoms with Crippen LogP contribution in [0.4, 0.5) is 10.8 Å². The number of hydrogen-bond donors (Lipinski definition) is 2. The Morgan fingerprint density at radius 1 is 1.23 bits per heavy atom. The fraction of sp³-hybridized carbons (Fsp3) is 0.200. The monoisotopic (exact) mass is 367 g/mol. The number of primary amides is 1. The maximum absolute atomic E-state index is 11.8. The lowest BCUT2D eigenvalue weighted by Crippen LogP contribution is -2.13. The largest absolute Gasteiger partial charge is 0.493 e. The summed E-state index contributed by atoms with van der Waals surface area (Å²) in [6.45, 7) is 4.61. The molecule has 3 N–H and O–H groups in total. The van der Waals surface area contributed by atoms with E-state index in [0.717, 1.165) is 27.7 Å². The molecule has 0 fully saturated rings. The van der Waals surface area contributed by atoms with Crippen molar-refractivity contribution in [1.82, 2.24) is 4.98 Å². The molecular weight excluding hydrogens is 346 g/mol. The summed E-state index contributed by atoms with van der Waals surface area (Å²) < 4.78 is 5.61. The molecule has 5 nitrogen and oxygen atoms in total. The molecule has 3 aromatic rings. The summed E-state index contributed by atoms with van der Waals surface area (Å²) in [6.07, 6.45) is 2.65. The lowest BCUT2D eigenvalue weighted by atomic mass is 10.1. The summed E-state index contributed by atoms with van der Waals surface area (Å²) in [4.78, 5) is 17.1. The molecule has 2 aromatic carbocycles. The van der Waals surface area contributed by atoms with E-state index in [4.69, 9.17) is 10.5 Å². The van der Waals surface area contributed by atoms with Gasteiger partial charge in [-0.3, -0.25) is 4.79 Å². The van der Waals surface area contributed by atoms with Crippen molar-refractivity contribution in [3.63, 3.8) is 0 Å². The second-order valence-corrected chi connectivity index (χ2v) is 6.97. The predicted molar refractivity (Wildman–Crippen MR) is 106 cm³/mol. The van der Waals surface area contributed by atoms with Crippen molar-refractivity contribution in [3.8, 4) is 16.2 Å². The summed E-state index contributed by atoms with van der Waals surface area (Å²) in [5, 5.41) is 4.08. The highest BCUT2D eigenvalue weighted by molar-refractivity contribution is 7.18. The Kier molecular flexibility index (Phi) is 5.53. The smallest absolute Gasteiger partial charge is 0.252 e. The number of ether oxygens (including phenoxy) is 1. The standard InChI is InChI=1S/C20H21N3O2S/c1-3-10-25-17-9-6-14(11-16(17)19(21)24)18-12-22-20(26-18)23-15-7-4-13(2)5-8-15/h4-9,11-12H,3,10H2,1-2H3,(H2,21,24)(H,22,23). The first-order valence-corrected chi connectivity index (χ1v) is 9.25. The molecule has 1 aromatic heterocycles. The molecule has 3 rings (SSSR count). The quantitative estimate of drug-likeness (QED) is 0.632. The van der Waals surface area contributed by atoms with E-state index < -0.39 is 5.91 Å². The van der Waals surface area contributed by atoms with Crippen molar-refractivity contribution in [1.29, 1.82) is 0 Å². The van der Waals surface area contributed by atoms with Gasteiger partial charge in [-0.1, -0.05) is 36.0 Å². The number of aryl methyl sites for hydroxylation is 1. The first kappa shape index (κ1) is 17.9. The lowest BCUT2D eigenvalue weighted by molar-refractivity contribution is 0.0996. The Morgan fingerprint density at radius 3 is 2.69 bits per heavy atom. The molecule has 6 heteroatoms. The van der Waals surface area contributed by atoms with Gasteiger partial charge >= 0.3 is 0 Å². The summed E-state index contributed by atoms with van der Waals surface area (Å²) in [5.74, 6) is 0.0195. The van der Waals surface area contributed by atoms with Crippen molar-refractivity contribution in [3.05, 3.63) is 59.8 Å². The van der Waals surface area contributed by atoms with Crippen LogP contribution in [-0.4, -0.2) is 17.5 Å². The van der Waals surface area contributed by atoms with Crippen LogP contribution in [-0.2, 0) is 0 Å². The first-order valence-electron chi connectivity index (χ1n) is 8.43. The Morgan fingerprint density at radius 2 is 2.00 bits per heavy atom. The SMILES string of the molecule is CCCOc1ccc(-c2cnc(Nc3ccc(C)cc3)s2)cc1C(N)=O. The summed E-state index contributed by atoms with van der Waals surface area (Å²) in [7, 11) is 0. The number of aromatic nitrogens is 1. The fourth-order valence-corrected chi connectivity index (χ4v) is 3.27. The first-order chi connectivity index (χ1) is 12.6. The number of nitrogens with two attached hydrogens (primary N) is 1. The zero-order valence-electron chi connectivity index (χ0n) is 14.8. The number of benzene rings is 2. The average molecular weight is 367 g/mol. The highest BCUT2D eigenvalue weighted by atomic mass is 32.1. The van der Waals surface area contributed by atoms with Crippen molar-refractivity contribution >= 4 is 28.1 Å². The van der Waals surface area contributed by atoms with Gasteiger partial charge in [0.2, 0.25) is 0 Å². The van der Waals surface area contributed by atoms with Gasteiger partial charge in [-0.25, -0.2) is 4.98 Å². The Balaban J connectivity index is 1.83. The molecular formula is C20H21N3O2S. The predicted octanol–water partition coefficient (Wildman–Crippen LogP) is 4.75. The third-order valence-corrected chi connectivity index (χ3v) is 4.76. The zero-order chi connectivity index (χ0) is 18.5. The van der Waals surface area contributed by atoms with E-state index >= 15 is 0 Å². The van der Waals surface area contributed by atoms with Gasteiger partial charge in [-0.05, 0) is 49.2 Å². The number of amides is 1. The van der Waals surface area contributed by atoms with Crippen LogP contribution in [0, 0.1) is 6.92 Å². The normalized spacial score (nSPS) is 10.5. The Labute approximate surface area is 156 Å². The molecule has 0 saturated carbocycles. The van der Waals surface area contributed by atoms with Gasteiger partial charge in [-0.15, -0.1) is 0 Å². The molecule has 0 saturated heterocycles. The highest BCUT2D eigenvalue weighted by Gasteiger charge is 2.13. The minimum absolute atomic E-state index is 0.386.